The van der Waals surface area contributed by atoms with Gasteiger partial charge in [0.15, 0.2) is 0 Å². The molecule has 6 heteroatoms. The van der Waals surface area contributed by atoms with Crippen molar-refractivity contribution in [2.24, 2.45) is 0 Å². The van der Waals surface area contributed by atoms with Gasteiger partial charge in [0.25, 0.3) is 6.43 Å². The van der Waals surface area contributed by atoms with Crippen LogP contribution in [0, 0.1) is 11.7 Å². The monoisotopic (exact) mass is 378 g/mol. The van der Waals surface area contributed by atoms with Gasteiger partial charge in [-0.3, -0.25) is 0 Å². The first-order valence-corrected chi connectivity index (χ1v) is 10.4. The smallest absolute Gasteiger partial charge is 0.242 e. The minimum atomic E-state index is -2.80. The van der Waals surface area contributed by atoms with E-state index in [1.54, 1.807) is 6.07 Å². The third-order valence-electron chi connectivity index (χ3n) is 4.26. The van der Waals surface area contributed by atoms with Crippen LogP contribution in [-0.4, -0.2) is 19.5 Å². The van der Waals surface area contributed by atoms with Crippen LogP contribution in [0.5, 0.6) is 0 Å². The predicted molar refractivity (Wildman–Crippen MR) is 87.3 cm³/mol. The second kappa shape index (κ2) is 7.58. The first-order valence-electron chi connectivity index (χ1n) is 7.01. The lowest BCUT2D eigenvalue weighted by atomic mass is 10.1. The molecule has 0 atom stereocenters. The Morgan fingerprint density at radius 2 is 1.86 bits per heavy atom. The second-order valence-electron chi connectivity index (χ2n) is 4.96. The third-order valence-corrected chi connectivity index (χ3v) is 10.2. The molecule has 0 aliphatic carbocycles. The summed E-state index contributed by atoms with van der Waals surface area (Å²) < 4.78 is 41.3. The van der Waals surface area contributed by atoms with Gasteiger partial charge >= 0.3 is 0 Å². The van der Waals surface area contributed by atoms with Crippen LogP contribution in [0.1, 0.15) is 26.5 Å². The summed E-state index contributed by atoms with van der Waals surface area (Å²) in [7, 11) is -2.03. The molecule has 1 heterocycles. The highest BCUT2D eigenvalue weighted by atomic mass is 79.9. The Kier molecular flexibility index (Phi) is 6.65. The van der Waals surface area contributed by atoms with E-state index in [-0.39, 0.29) is 5.69 Å². The van der Waals surface area contributed by atoms with Gasteiger partial charge in [-0.05, 0) is 27.2 Å². The van der Waals surface area contributed by atoms with Gasteiger partial charge < -0.3 is 0 Å². The van der Waals surface area contributed by atoms with E-state index < -0.39 is 26.2 Å². The van der Waals surface area contributed by atoms with Crippen LogP contribution in [0.15, 0.2) is 23.3 Å². The standard InChI is InChI=1S/C15H20BrF3NSi/c1-5-10(15(18)19)14-13(17)11(9-12(16)20-14)21(6-2,7-3)8-4/h5,9,15H,1,6-8H2,2-4H3. The Labute approximate surface area is 133 Å². The van der Waals surface area contributed by atoms with Crippen LogP contribution in [0.3, 0.4) is 0 Å². The molecule has 117 valence electrons. The van der Waals surface area contributed by atoms with Gasteiger partial charge in [0.2, 0.25) is 0 Å². The van der Waals surface area contributed by atoms with Gasteiger partial charge in [-0.15, -0.1) is 6.58 Å². The first-order chi connectivity index (χ1) is 9.86. The second-order valence-corrected chi connectivity index (χ2v) is 11.0. The molecule has 0 unspecified atom stereocenters. The fraction of sp³-hybridized carbons (Fsp3) is 0.467. The maximum absolute atomic E-state index is 14.9. The van der Waals surface area contributed by atoms with Crippen LogP contribution in [-0.2, 0) is 0 Å². The van der Waals surface area contributed by atoms with E-state index in [1.165, 1.54) is 0 Å². The van der Waals surface area contributed by atoms with Crippen LogP contribution in [0.25, 0.3) is 0 Å². The van der Waals surface area contributed by atoms with E-state index in [1.807, 2.05) is 20.8 Å². The van der Waals surface area contributed by atoms with Crippen molar-refractivity contribution in [1.82, 2.24) is 4.98 Å². The zero-order valence-electron chi connectivity index (χ0n) is 12.5. The number of pyridine rings is 1. The topological polar surface area (TPSA) is 12.9 Å². The molecule has 1 nitrogen and oxygen atoms in total. The number of hydrogen-bond donors (Lipinski definition) is 0. The summed E-state index contributed by atoms with van der Waals surface area (Å²) >= 11 is 3.23. The predicted octanol–water partition coefficient (Wildman–Crippen LogP) is 5.07. The molecule has 21 heavy (non-hydrogen) atoms. The van der Waals surface area contributed by atoms with Crippen molar-refractivity contribution in [3.8, 4) is 0 Å². The molecule has 0 aliphatic heterocycles. The molecule has 0 N–H and O–H groups in total. The zero-order valence-corrected chi connectivity index (χ0v) is 15.1. The van der Waals surface area contributed by atoms with Crippen LogP contribution >= 0.6 is 15.9 Å². The molecule has 1 aromatic heterocycles. The van der Waals surface area contributed by atoms with Crippen molar-refractivity contribution in [1.29, 1.82) is 0 Å². The van der Waals surface area contributed by atoms with Crippen LogP contribution in [0.4, 0.5) is 13.2 Å². The lowest BCUT2D eigenvalue weighted by molar-refractivity contribution is 0.173. The van der Waals surface area contributed by atoms with E-state index in [2.05, 4.69) is 27.5 Å². The molecule has 0 aliphatic rings. The summed E-state index contributed by atoms with van der Waals surface area (Å²) in [6, 6.07) is 4.26. The van der Waals surface area contributed by atoms with E-state index in [0.29, 0.717) is 9.79 Å². The lowest BCUT2D eigenvalue weighted by Gasteiger charge is -2.30. The molecule has 0 spiro atoms. The van der Waals surface area contributed by atoms with Crippen molar-refractivity contribution >= 4 is 29.2 Å². The van der Waals surface area contributed by atoms with Gasteiger partial charge in [0, 0.05) is 0 Å². The van der Waals surface area contributed by atoms with E-state index >= 15 is 0 Å². The van der Waals surface area contributed by atoms with Gasteiger partial charge in [-0.1, -0.05) is 45.0 Å². The third kappa shape index (κ3) is 3.59. The largest absolute Gasteiger partial charge is 0.254 e. The van der Waals surface area contributed by atoms with Gasteiger partial charge in [-0.25, -0.2) is 18.2 Å². The van der Waals surface area contributed by atoms with Crippen molar-refractivity contribution in [3.05, 3.63) is 40.8 Å². The number of aromatic nitrogens is 1. The average Bonchev–Trinajstić information content (AvgIpc) is 2.46. The molecule has 0 aromatic carbocycles. The number of hydrogen-bond acceptors (Lipinski definition) is 1. The Hall–Kier alpha value is -0.623. The Morgan fingerprint density at radius 3 is 2.24 bits per heavy atom. The van der Waals surface area contributed by atoms with Crippen molar-refractivity contribution in [2.45, 2.75) is 45.3 Å². The molecule has 1 aromatic rings. The Morgan fingerprint density at radius 1 is 1.33 bits per heavy atom. The highest BCUT2D eigenvalue weighted by Gasteiger charge is 2.36. The summed E-state index contributed by atoms with van der Waals surface area (Å²) in [6.45, 7) is 9.47. The highest BCUT2D eigenvalue weighted by Crippen LogP contribution is 2.29. The van der Waals surface area contributed by atoms with Crippen LogP contribution in [0.2, 0.25) is 18.1 Å². The van der Waals surface area contributed by atoms with Gasteiger partial charge in [-0.2, -0.15) is 0 Å². The lowest BCUT2D eigenvalue weighted by Crippen LogP contribution is -2.48. The van der Waals surface area contributed by atoms with E-state index in [9.17, 15) is 13.2 Å². The highest BCUT2D eigenvalue weighted by molar-refractivity contribution is 9.10. The Balaban J connectivity index is 3.56. The zero-order chi connectivity index (χ0) is 16.2. The molecule has 1 radical (unpaired) electrons. The number of rotatable bonds is 7. The van der Waals surface area contributed by atoms with Crippen molar-refractivity contribution in [3.63, 3.8) is 0 Å². The quantitative estimate of drug-likeness (QED) is 0.476. The minimum Gasteiger partial charge on any atom is -0.242 e. The van der Waals surface area contributed by atoms with Crippen molar-refractivity contribution < 1.29 is 13.2 Å². The van der Waals surface area contributed by atoms with E-state index in [0.717, 1.165) is 24.2 Å². The van der Waals surface area contributed by atoms with E-state index in [4.69, 9.17) is 0 Å². The van der Waals surface area contributed by atoms with Gasteiger partial charge in [0.1, 0.15) is 16.3 Å². The number of allylic oxidation sites excluding steroid dienone is 1. The molecular formula is C15H20BrF3NSi. The maximum atomic E-state index is 14.9. The summed E-state index contributed by atoms with van der Waals surface area (Å²) in [4.78, 5) is 3.92. The normalized spacial score (nSPS) is 12.2. The Bertz CT molecular complexity index is 496. The first kappa shape index (κ1) is 18.4. The van der Waals surface area contributed by atoms with Crippen molar-refractivity contribution in [2.75, 3.05) is 0 Å². The maximum Gasteiger partial charge on any atom is 0.254 e. The molecule has 0 fully saturated rings. The number of alkyl halides is 2. The van der Waals surface area contributed by atoms with Gasteiger partial charge in [0.05, 0.1) is 13.8 Å². The molecular weight excluding hydrogens is 359 g/mol. The molecule has 0 saturated carbocycles. The summed E-state index contributed by atoms with van der Waals surface area (Å²) in [5, 5.41) is 0.576. The molecule has 0 amide bonds. The summed E-state index contributed by atoms with van der Waals surface area (Å²) in [5.41, 5.74) is -0.281. The fourth-order valence-electron chi connectivity index (χ4n) is 2.69. The summed E-state index contributed by atoms with van der Waals surface area (Å²) in [6.07, 6.45) is -1.81. The number of nitrogens with zero attached hydrogens (tertiary/aromatic N) is 1. The SMILES string of the molecule is C=C[C](c1nc(Br)cc([Si](CC)(CC)CC)c1F)C(F)F. The summed E-state index contributed by atoms with van der Waals surface area (Å²) in [5.74, 6) is -1.06. The number of halogens is 4. The fourth-order valence-corrected chi connectivity index (χ4v) is 6.97. The van der Waals surface area contributed by atoms with Crippen LogP contribution < -0.4 is 5.19 Å². The minimum absolute atomic E-state index is 0.281. The molecule has 1 rings (SSSR count). The molecule has 0 bridgehead atoms. The average molecular weight is 379 g/mol. The molecule has 0 saturated heterocycles.